The fourth-order valence-electron chi connectivity index (χ4n) is 4.81. The molecule has 9 heteroatoms. The van der Waals surface area contributed by atoms with Gasteiger partial charge in [-0.1, -0.05) is 24.8 Å². The Bertz CT molecular complexity index is 1650. The Hall–Kier alpha value is -5.05. The number of primary amides is 1. The predicted molar refractivity (Wildman–Crippen MR) is 150 cm³/mol. The van der Waals surface area contributed by atoms with E-state index in [1.165, 1.54) is 12.1 Å². The molecule has 2 aromatic heterocycles. The van der Waals surface area contributed by atoms with Gasteiger partial charge in [0.2, 0.25) is 11.8 Å². The zero-order chi connectivity index (χ0) is 28.4. The van der Waals surface area contributed by atoms with Gasteiger partial charge in [0, 0.05) is 40.8 Å². The lowest BCUT2D eigenvalue weighted by Gasteiger charge is -2.22. The van der Waals surface area contributed by atoms with Crippen LogP contribution in [0.5, 0.6) is 0 Å². The lowest BCUT2D eigenvalue weighted by molar-refractivity contribution is -0.121. The summed E-state index contributed by atoms with van der Waals surface area (Å²) in [6.07, 6.45) is 5.40. The third kappa shape index (κ3) is 5.68. The molecule has 7 nitrogen and oxygen atoms in total. The van der Waals surface area contributed by atoms with E-state index < -0.39 is 23.6 Å². The Morgan fingerprint density at radius 2 is 1.88 bits per heavy atom. The van der Waals surface area contributed by atoms with Crippen molar-refractivity contribution in [2.75, 3.05) is 5.32 Å². The number of anilines is 1. The number of allylic oxidation sites excluding steroid dienone is 1. The third-order valence-electron chi connectivity index (χ3n) is 6.78. The van der Waals surface area contributed by atoms with Crippen molar-refractivity contribution >= 4 is 23.6 Å². The second-order valence-corrected chi connectivity index (χ2v) is 9.69. The van der Waals surface area contributed by atoms with Crippen LogP contribution in [0.4, 0.5) is 14.5 Å². The topological polar surface area (TPSA) is 113 Å². The van der Waals surface area contributed by atoms with Crippen molar-refractivity contribution in [3.05, 3.63) is 125 Å². The molecule has 202 valence electrons. The molecule has 2 aromatic carbocycles. The van der Waals surface area contributed by atoms with Gasteiger partial charge in [0.15, 0.2) is 0 Å². The molecule has 0 fully saturated rings. The first-order valence-electron chi connectivity index (χ1n) is 12.6. The lowest BCUT2D eigenvalue weighted by Crippen LogP contribution is -2.32. The van der Waals surface area contributed by atoms with E-state index in [4.69, 9.17) is 5.73 Å². The zero-order valence-electron chi connectivity index (χ0n) is 21.7. The van der Waals surface area contributed by atoms with Crippen LogP contribution in [0.1, 0.15) is 45.8 Å². The first kappa shape index (κ1) is 26.6. The summed E-state index contributed by atoms with van der Waals surface area (Å²) in [6, 6.07) is 12.8. The highest BCUT2D eigenvalue weighted by Crippen LogP contribution is 2.32. The molecule has 0 bridgehead atoms. The summed E-state index contributed by atoms with van der Waals surface area (Å²) in [4.78, 5) is 32.9. The first-order chi connectivity index (χ1) is 19.2. The van der Waals surface area contributed by atoms with Crippen molar-refractivity contribution in [2.24, 2.45) is 5.73 Å². The maximum atomic E-state index is 14.1. The number of aromatic nitrogens is 2. The number of pyridine rings is 1. The van der Waals surface area contributed by atoms with E-state index in [0.29, 0.717) is 27.9 Å². The number of halogens is 2. The number of nitrogens with zero attached hydrogens (tertiary/aromatic N) is 1. The largest absolute Gasteiger partial charge is 0.366 e. The average Bonchev–Trinajstić information content (AvgIpc) is 3.28. The number of carbonyl (C=O) groups excluding carboxylic acids is 2. The minimum absolute atomic E-state index is 0.0341. The predicted octanol–water partition coefficient (Wildman–Crippen LogP) is 5.44. The molecule has 0 saturated heterocycles. The van der Waals surface area contributed by atoms with Crippen molar-refractivity contribution in [3.8, 4) is 11.1 Å². The molecule has 1 aliphatic rings. The van der Waals surface area contributed by atoms with Crippen LogP contribution in [-0.4, -0.2) is 21.8 Å². The molecule has 3 heterocycles. The number of rotatable bonds is 8. The van der Waals surface area contributed by atoms with Gasteiger partial charge >= 0.3 is 0 Å². The minimum Gasteiger partial charge on any atom is -0.366 e. The van der Waals surface area contributed by atoms with Crippen molar-refractivity contribution in [1.82, 2.24) is 15.3 Å². The number of nitrogens with two attached hydrogens (primary N) is 1. The summed E-state index contributed by atoms with van der Waals surface area (Å²) in [6.45, 7) is 5.95. The number of aromatic amines is 1. The number of carbonyl (C=O) groups is 2. The van der Waals surface area contributed by atoms with E-state index in [9.17, 15) is 18.4 Å². The molecule has 40 heavy (non-hydrogen) atoms. The van der Waals surface area contributed by atoms with Crippen molar-refractivity contribution in [1.29, 1.82) is 0 Å². The molecule has 1 atom stereocenters. The van der Waals surface area contributed by atoms with E-state index in [-0.39, 0.29) is 18.7 Å². The molecule has 4 aromatic rings. The van der Waals surface area contributed by atoms with Gasteiger partial charge in [-0.25, -0.2) is 8.78 Å². The standard InChI is InChI=1S/C31H27F2N5O2/c1-17-9-26-29(37-18(17)2)22(16-36-26)14-28(39)38-27(12-19-10-23(32)15-24(33)11-19)30-25(7-4-8-35-30)20-5-3-6-21(13-20)31(34)40/h3-11,13,15-16,27,36-37H,2,12,14H2,1H3,(H2,34,40)(H,38,39)/t27-/m0/s1. The number of hydrogen-bond donors (Lipinski definition) is 4. The summed E-state index contributed by atoms with van der Waals surface area (Å²) in [5.41, 5.74) is 12.0. The van der Waals surface area contributed by atoms with Gasteiger partial charge in [-0.2, -0.15) is 0 Å². The number of benzene rings is 2. The molecule has 0 spiro atoms. The fraction of sp³-hybridized carbons (Fsp3) is 0.129. The summed E-state index contributed by atoms with van der Waals surface area (Å²) in [7, 11) is 0. The zero-order valence-corrected chi connectivity index (χ0v) is 21.7. The van der Waals surface area contributed by atoms with E-state index in [1.807, 2.05) is 13.0 Å². The molecule has 0 unspecified atom stereocenters. The minimum atomic E-state index is -0.748. The Kier molecular flexibility index (Phi) is 7.29. The van der Waals surface area contributed by atoms with Crippen LogP contribution < -0.4 is 16.4 Å². The molecule has 0 radical (unpaired) electrons. The maximum Gasteiger partial charge on any atom is 0.248 e. The first-order valence-corrected chi connectivity index (χ1v) is 12.6. The average molecular weight is 540 g/mol. The van der Waals surface area contributed by atoms with Gasteiger partial charge in [0.1, 0.15) is 11.6 Å². The molecular formula is C31H27F2N5O2. The van der Waals surface area contributed by atoms with Gasteiger partial charge in [-0.3, -0.25) is 14.6 Å². The molecule has 0 aliphatic carbocycles. The second kappa shape index (κ2) is 11.0. The van der Waals surface area contributed by atoms with E-state index in [0.717, 1.165) is 34.3 Å². The van der Waals surface area contributed by atoms with Gasteiger partial charge in [-0.05, 0) is 66.5 Å². The van der Waals surface area contributed by atoms with Crippen LogP contribution in [0.25, 0.3) is 17.2 Å². The fourth-order valence-corrected chi connectivity index (χ4v) is 4.81. The molecule has 5 N–H and O–H groups in total. The van der Waals surface area contributed by atoms with Gasteiger partial charge in [0.25, 0.3) is 0 Å². The number of H-pyrrole nitrogens is 1. The summed E-state index contributed by atoms with van der Waals surface area (Å²) < 4.78 is 28.1. The Balaban J connectivity index is 1.50. The number of nitrogens with one attached hydrogen (secondary N) is 3. The van der Waals surface area contributed by atoms with Crippen molar-refractivity contribution in [2.45, 2.75) is 25.8 Å². The molecule has 0 saturated carbocycles. The van der Waals surface area contributed by atoms with E-state index in [2.05, 4.69) is 27.2 Å². The molecule has 2 amide bonds. The van der Waals surface area contributed by atoms with Gasteiger partial charge < -0.3 is 21.4 Å². The van der Waals surface area contributed by atoms with E-state index in [1.54, 1.807) is 48.8 Å². The highest BCUT2D eigenvalue weighted by atomic mass is 19.1. The summed E-state index contributed by atoms with van der Waals surface area (Å²) in [5, 5.41) is 6.25. The highest BCUT2D eigenvalue weighted by Gasteiger charge is 2.24. The number of hydrogen-bond acceptors (Lipinski definition) is 4. The van der Waals surface area contributed by atoms with Crippen LogP contribution in [-0.2, 0) is 17.6 Å². The summed E-state index contributed by atoms with van der Waals surface area (Å²) in [5.74, 6) is -2.33. The number of amides is 2. The molecular weight excluding hydrogens is 512 g/mol. The molecule has 5 rings (SSSR count). The normalized spacial score (nSPS) is 13.2. The van der Waals surface area contributed by atoms with Gasteiger partial charge in [0.05, 0.1) is 29.5 Å². The maximum absolute atomic E-state index is 14.1. The van der Waals surface area contributed by atoms with E-state index >= 15 is 0 Å². The third-order valence-corrected chi connectivity index (χ3v) is 6.78. The second-order valence-electron chi connectivity index (χ2n) is 9.69. The quantitative estimate of drug-likeness (QED) is 0.239. The lowest BCUT2D eigenvalue weighted by atomic mass is 9.94. The highest BCUT2D eigenvalue weighted by molar-refractivity contribution is 5.94. The monoisotopic (exact) mass is 539 g/mol. The van der Waals surface area contributed by atoms with Crippen LogP contribution in [0.15, 0.2) is 84.8 Å². The van der Waals surface area contributed by atoms with Crippen molar-refractivity contribution in [3.63, 3.8) is 0 Å². The van der Waals surface area contributed by atoms with Crippen LogP contribution >= 0.6 is 0 Å². The SMILES string of the molecule is C=C1Nc2c(CC(=O)N[C@@H](Cc3cc(F)cc(F)c3)c3ncccc3-c3cccc(C(N)=O)c3)c[nH]c2C=C1C. The Labute approximate surface area is 229 Å². The van der Waals surface area contributed by atoms with Gasteiger partial charge in [-0.15, -0.1) is 0 Å². The van der Waals surface area contributed by atoms with Crippen LogP contribution in [0, 0.1) is 11.6 Å². The smallest absolute Gasteiger partial charge is 0.248 e. The number of fused-ring (bicyclic) bond motifs is 1. The van der Waals surface area contributed by atoms with Crippen LogP contribution in [0.3, 0.4) is 0 Å². The Morgan fingerprint density at radius 1 is 1.10 bits per heavy atom. The van der Waals surface area contributed by atoms with Crippen molar-refractivity contribution < 1.29 is 18.4 Å². The summed E-state index contributed by atoms with van der Waals surface area (Å²) >= 11 is 0. The van der Waals surface area contributed by atoms with Crippen LogP contribution in [0.2, 0.25) is 0 Å². The Morgan fingerprint density at radius 3 is 2.62 bits per heavy atom. The molecule has 1 aliphatic heterocycles.